The van der Waals surface area contributed by atoms with E-state index < -0.39 is 16.0 Å². The third-order valence-electron chi connectivity index (χ3n) is 3.64. The fraction of sp³-hybridized carbons (Fsp3) is 0.353. The van der Waals surface area contributed by atoms with Crippen LogP contribution in [0.4, 0.5) is 0 Å². The number of hydrogen-bond acceptors (Lipinski definition) is 6. The van der Waals surface area contributed by atoms with Crippen LogP contribution < -0.4 is 4.72 Å². The average Bonchev–Trinajstić information content (AvgIpc) is 3.09. The maximum absolute atomic E-state index is 12.5. The van der Waals surface area contributed by atoms with Crippen molar-refractivity contribution in [3.63, 3.8) is 0 Å². The van der Waals surface area contributed by atoms with Crippen LogP contribution in [0.3, 0.4) is 0 Å². The molecule has 0 saturated carbocycles. The van der Waals surface area contributed by atoms with E-state index in [0.717, 1.165) is 4.88 Å². The zero-order valence-corrected chi connectivity index (χ0v) is 16.1. The first-order valence-electron chi connectivity index (χ1n) is 7.82. The van der Waals surface area contributed by atoms with Crippen molar-refractivity contribution in [2.24, 2.45) is 0 Å². The second-order valence-electron chi connectivity index (χ2n) is 5.59. The van der Waals surface area contributed by atoms with Crippen LogP contribution in [0, 0.1) is 0 Å². The number of thiophene rings is 1. The highest BCUT2D eigenvalue weighted by atomic mass is 32.2. The number of benzene rings is 1. The van der Waals surface area contributed by atoms with E-state index >= 15 is 0 Å². The van der Waals surface area contributed by atoms with Crippen molar-refractivity contribution in [1.82, 2.24) is 9.62 Å². The van der Waals surface area contributed by atoms with E-state index in [0.29, 0.717) is 5.56 Å². The van der Waals surface area contributed by atoms with E-state index in [1.54, 1.807) is 18.3 Å². The van der Waals surface area contributed by atoms with Gasteiger partial charge in [-0.05, 0) is 56.7 Å². The van der Waals surface area contributed by atoms with Crippen molar-refractivity contribution in [1.29, 1.82) is 0 Å². The van der Waals surface area contributed by atoms with Gasteiger partial charge in [-0.15, -0.1) is 11.3 Å². The number of sulfonamides is 1. The van der Waals surface area contributed by atoms with Crippen LogP contribution in [-0.4, -0.2) is 46.5 Å². The minimum absolute atomic E-state index is 0.0476. The number of likely N-dealkylation sites (N-methyl/N-ethyl adjacent to an activating group) is 1. The molecule has 1 N–H and O–H groups in total. The molecule has 2 rings (SSSR count). The van der Waals surface area contributed by atoms with Gasteiger partial charge < -0.3 is 9.64 Å². The Hall–Kier alpha value is -1.74. The summed E-state index contributed by atoms with van der Waals surface area (Å²) in [5.74, 6) is -0.468. The maximum atomic E-state index is 12.5. The Bertz CT molecular complexity index is 785. The molecule has 1 aromatic carbocycles. The smallest absolute Gasteiger partial charge is 0.338 e. The summed E-state index contributed by atoms with van der Waals surface area (Å²) in [6.07, 6.45) is 0. The van der Waals surface area contributed by atoms with Crippen LogP contribution in [0.25, 0.3) is 0 Å². The molecule has 0 radical (unpaired) electrons. The topological polar surface area (TPSA) is 75.7 Å². The third kappa shape index (κ3) is 5.12. The van der Waals surface area contributed by atoms with Crippen LogP contribution in [0.2, 0.25) is 0 Å². The number of carbonyl (C=O) groups is 1. The van der Waals surface area contributed by atoms with Gasteiger partial charge in [-0.2, -0.15) is 0 Å². The van der Waals surface area contributed by atoms with Crippen LogP contribution in [0.5, 0.6) is 0 Å². The van der Waals surface area contributed by atoms with Crippen molar-refractivity contribution in [3.05, 3.63) is 52.2 Å². The molecule has 0 amide bonds. The first kappa shape index (κ1) is 19.6. The van der Waals surface area contributed by atoms with Gasteiger partial charge in [-0.1, -0.05) is 6.07 Å². The van der Waals surface area contributed by atoms with Gasteiger partial charge in [0, 0.05) is 11.4 Å². The molecule has 0 aliphatic heterocycles. The van der Waals surface area contributed by atoms with Crippen LogP contribution in [0.1, 0.15) is 28.2 Å². The molecule has 25 heavy (non-hydrogen) atoms. The first-order chi connectivity index (χ1) is 11.8. The lowest BCUT2D eigenvalue weighted by molar-refractivity contribution is 0.0526. The minimum Gasteiger partial charge on any atom is -0.462 e. The molecule has 8 heteroatoms. The molecule has 6 nitrogen and oxygen atoms in total. The van der Waals surface area contributed by atoms with Gasteiger partial charge in [0.1, 0.15) is 0 Å². The van der Waals surface area contributed by atoms with Gasteiger partial charge >= 0.3 is 5.97 Å². The Labute approximate surface area is 152 Å². The van der Waals surface area contributed by atoms with Gasteiger partial charge in [-0.3, -0.25) is 0 Å². The van der Waals surface area contributed by atoms with Crippen molar-refractivity contribution in [2.75, 3.05) is 27.2 Å². The van der Waals surface area contributed by atoms with E-state index in [9.17, 15) is 13.2 Å². The standard InChI is InChI=1S/C17H22N2O4S2/c1-4-23-17(20)13-7-9-14(10-8-13)25(21,22)18-12-15(19(2)3)16-6-5-11-24-16/h5-11,15,18H,4,12H2,1-3H3. The van der Waals surface area contributed by atoms with Gasteiger partial charge in [0.25, 0.3) is 0 Å². The number of carbonyl (C=O) groups excluding carboxylic acids is 1. The van der Waals surface area contributed by atoms with Gasteiger partial charge in [0.15, 0.2) is 0 Å². The number of ether oxygens (including phenoxy) is 1. The highest BCUT2D eigenvalue weighted by molar-refractivity contribution is 7.89. The quantitative estimate of drug-likeness (QED) is 0.710. The van der Waals surface area contributed by atoms with E-state index in [1.807, 2.05) is 36.5 Å². The Morgan fingerprint density at radius 1 is 1.24 bits per heavy atom. The molecule has 0 fully saturated rings. The Kier molecular flexibility index (Phi) is 6.71. The van der Waals surface area contributed by atoms with E-state index in [4.69, 9.17) is 4.74 Å². The van der Waals surface area contributed by atoms with Gasteiger partial charge in [0.2, 0.25) is 10.0 Å². The Morgan fingerprint density at radius 2 is 1.92 bits per heavy atom. The molecule has 0 saturated heterocycles. The highest BCUT2D eigenvalue weighted by Crippen LogP contribution is 2.23. The van der Waals surface area contributed by atoms with Crippen LogP contribution >= 0.6 is 11.3 Å². The lowest BCUT2D eigenvalue weighted by Crippen LogP contribution is -2.34. The first-order valence-corrected chi connectivity index (χ1v) is 10.2. The van der Waals surface area contributed by atoms with Crippen molar-refractivity contribution < 1.29 is 17.9 Å². The molecule has 2 aromatic rings. The molecular formula is C17H22N2O4S2. The summed E-state index contributed by atoms with van der Waals surface area (Å²) in [4.78, 5) is 14.8. The predicted octanol–water partition coefficient (Wildman–Crippen LogP) is 2.51. The normalized spacial score (nSPS) is 13.0. The maximum Gasteiger partial charge on any atom is 0.338 e. The third-order valence-corrected chi connectivity index (χ3v) is 6.05. The Balaban J connectivity index is 2.09. The highest BCUT2D eigenvalue weighted by Gasteiger charge is 2.20. The second kappa shape index (κ2) is 8.57. The molecule has 0 bridgehead atoms. The fourth-order valence-corrected chi connectivity index (χ4v) is 4.24. The van der Waals surface area contributed by atoms with Gasteiger partial charge in [0.05, 0.1) is 23.1 Å². The summed E-state index contributed by atoms with van der Waals surface area (Å²) >= 11 is 1.59. The number of hydrogen-bond donors (Lipinski definition) is 1. The summed E-state index contributed by atoms with van der Waals surface area (Å²) in [6, 6.07) is 9.60. The number of nitrogens with one attached hydrogen (secondary N) is 1. The van der Waals surface area contributed by atoms with Crippen LogP contribution in [0.15, 0.2) is 46.7 Å². The van der Waals surface area contributed by atoms with E-state index in [-0.39, 0.29) is 24.1 Å². The van der Waals surface area contributed by atoms with E-state index in [2.05, 4.69) is 4.72 Å². The second-order valence-corrected chi connectivity index (χ2v) is 8.34. The SMILES string of the molecule is CCOC(=O)c1ccc(S(=O)(=O)NCC(c2cccs2)N(C)C)cc1. The number of nitrogens with zero attached hydrogens (tertiary/aromatic N) is 1. The summed E-state index contributed by atoms with van der Waals surface area (Å²) in [6.45, 7) is 2.25. The molecule has 1 aromatic heterocycles. The monoisotopic (exact) mass is 382 g/mol. The molecule has 0 aliphatic carbocycles. The zero-order chi connectivity index (χ0) is 18.4. The molecular weight excluding hydrogens is 360 g/mol. The lowest BCUT2D eigenvalue weighted by Gasteiger charge is -2.23. The van der Waals surface area contributed by atoms with Crippen molar-refractivity contribution >= 4 is 27.3 Å². The van der Waals surface area contributed by atoms with Gasteiger partial charge in [-0.25, -0.2) is 17.9 Å². The largest absolute Gasteiger partial charge is 0.462 e. The number of esters is 1. The van der Waals surface area contributed by atoms with Crippen LogP contribution in [-0.2, 0) is 14.8 Å². The summed E-state index contributed by atoms with van der Waals surface area (Å²) in [5.41, 5.74) is 0.325. The lowest BCUT2D eigenvalue weighted by atomic mass is 10.2. The van der Waals surface area contributed by atoms with E-state index in [1.165, 1.54) is 24.3 Å². The Morgan fingerprint density at radius 3 is 2.44 bits per heavy atom. The number of rotatable bonds is 8. The minimum atomic E-state index is -3.66. The van der Waals surface area contributed by atoms with Crippen molar-refractivity contribution in [2.45, 2.75) is 17.9 Å². The summed E-state index contributed by atoms with van der Waals surface area (Å²) in [7, 11) is 0.160. The average molecular weight is 383 g/mol. The molecule has 136 valence electrons. The molecule has 1 atom stereocenters. The molecule has 0 aliphatic rings. The zero-order valence-electron chi connectivity index (χ0n) is 14.4. The summed E-state index contributed by atoms with van der Waals surface area (Å²) in [5, 5.41) is 1.97. The molecule has 1 heterocycles. The molecule has 0 spiro atoms. The van der Waals surface area contributed by atoms with Crippen molar-refractivity contribution in [3.8, 4) is 0 Å². The predicted molar refractivity (Wildman–Crippen MR) is 98.3 cm³/mol. The molecule has 1 unspecified atom stereocenters. The fourth-order valence-electron chi connectivity index (χ4n) is 2.28. The summed E-state index contributed by atoms with van der Waals surface area (Å²) < 4.78 is 32.5.